The summed E-state index contributed by atoms with van der Waals surface area (Å²) in [6, 6.07) is 11.3. The summed E-state index contributed by atoms with van der Waals surface area (Å²) in [4.78, 5) is 10.7. The zero-order valence-corrected chi connectivity index (χ0v) is 14.7. The van der Waals surface area contributed by atoms with Crippen LogP contribution in [0.25, 0.3) is 5.82 Å². The van der Waals surface area contributed by atoms with Crippen LogP contribution in [0.1, 0.15) is 0 Å². The van der Waals surface area contributed by atoms with Gasteiger partial charge in [-0.05, 0) is 30.3 Å². The van der Waals surface area contributed by atoms with Gasteiger partial charge in [-0.15, -0.1) is 5.10 Å². The first kappa shape index (κ1) is 16.6. The molecule has 9 heteroatoms. The van der Waals surface area contributed by atoms with E-state index in [2.05, 4.69) is 25.3 Å². The number of nitrogens with one attached hydrogen (secondary N) is 1. The van der Waals surface area contributed by atoms with Crippen LogP contribution in [-0.4, -0.2) is 46.1 Å². The molecule has 8 nitrogen and oxygen atoms in total. The van der Waals surface area contributed by atoms with Gasteiger partial charge in [-0.3, -0.25) is 0 Å². The minimum atomic E-state index is 0.252. The lowest BCUT2D eigenvalue weighted by Crippen LogP contribution is -2.36. The van der Waals surface area contributed by atoms with Gasteiger partial charge >= 0.3 is 0 Å². The summed E-state index contributed by atoms with van der Waals surface area (Å²) in [5.41, 5.74) is 7.72. The van der Waals surface area contributed by atoms with E-state index < -0.39 is 0 Å². The van der Waals surface area contributed by atoms with E-state index in [9.17, 15) is 0 Å². The maximum absolute atomic E-state index is 6.46. The van der Waals surface area contributed by atoms with Crippen molar-refractivity contribution in [2.45, 2.75) is 0 Å². The number of hydrogen-bond acceptors (Lipinski definition) is 7. The number of nitrogens with zero attached hydrogens (tertiary/aromatic N) is 5. The Bertz CT molecular complexity index is 893. The van der Waals surface area contributed by atoms with Gasteiger partial charge in [-0.2, -0.15) is 9.67 Å². The quantitative estimate of drug-likeness (QED) is 0.727. The molecule has 1 aromatic carbocycles. The minimum absolute atomic E-state index is 0.252. The number of halogens is 1. The Balaban J connectivity index is 1.53. The Morgan fingerprint density at radius 2 is 2.00 bits per heavy atom. The standard InChI is InChI=1S/C17H18ClN7O/c18-13-11-12(4-5-14(13)24-7-9-26-10-8-24)21-17-22-16(19)25(23-17)15-3-1-2-6-20-15/h1-6,11H,7-10H2,(H3,19,21,22,23). The number of aromatic nitrogens is 4. The molecule has 0 bridgehead atoms. The number of rotatable bonds is 4. The number of anilines is 4. The van der Waals surface area contributed by atoms with Crippen LogP contribution >= 0.6 is 11.6 Å². The van der Waals surface area contributed by atoms with Crippen LogP contribution in [0.15, 0.2) is 42.6 Å². The predicted molar refractivity (Wildman–Crippen MR) is 101 cm³/mol. The predicted octanol–water partition coefficient (Wildman–Crippen LogP) is 2.48. The van der Waals surface area contributed by atoms with Crippen molar-refractivity contribution in [3.05, 3.63) is 47.6 Å². The van der Waals surface area contributed by atoms with Crippen LogP contribution in [0.5, 0.6) is 0 Å². The van der Waals surface area contributed by atoms with Gasteiger partial charge in [0.15, 0.2) is 5.82 Å². The molecule has 4 rings (SSSR count). The third-order valence-corrected chi connectivity index (χ3v) is 4.36. The van der Waals surface area contributed by atoms with Crippen molar-refractivity contribution >= 4 is 34.9 Å². The molecule has 1 aliphatic rings. The molecule has 26 heavy (non-hydrogen) atoms. The molecule has 2 aromatic heterocycles. The largest absolute Gasteiger partial charge is 0.378 e. The monoisotopic (exact) mass is 371 g/mol. The lowest BCUT2D eigenvalue weighted by Gasteiger charge is -2.29. The Kier molecular flexibility index (Phi) is 4.59. The number of ether oxygens (including phenoxy) is 1. The van der Waals surface area contributed by atoms with Crippen LogP contribution in [-0.2, 0) is 4.74 Å². The van der Waals surface area contributed by atoms with Crippen molar-refractivity contribution < 1.29 is 4.74 Å². The maximum Gasteiger partial charge on any atom is 0.248 e. The zero-order valence-electron chi connectivity index (χ0n) is 14.0. The van der Waals surface area contributed by atoms with E-state index in [-0.39, 0.29) is 5.95 Å². The fraction of sp³-hybridized carbons (Fsp3) is 0.235. The second-order valence-electron chi connectivity index (χ2n) is 5.78. The molecule has 0 spiro atoms. The Labute approximate surface area is 155 Å². The summed E-state index contributed by atoms with van der Waals surface area (Å²) in [6.45, 7) is 3.09. The topological polar surface area (TPSA) is 94.1 Å². The maximum atomic E-state index is 6.46. The molecule has 134 valence electrons. The summed E-state index contributed by atoms with van der Waals surface area (Å²) in [6.07, 6.45) is 1.67. The van der Waals surface area contributed by atoms with E-state index in [1.807, 2.05) is 36.4 Å². The second kappa shape index (κ2) is 7.19. The van der Waals surface area contributed by atoms with E-state index in [0.29, 0.717) is 30.0 Å². The highest BCUT2D eigenvalue weighted by atomic mass is 35.5. The molecule has 3 aromatic rings. The second-order valence-corrected chi connectivity index (χ2v) is 6.19. The molecule has 0 amide bonds. The molecular formula is C17H18ClN7O. The van der Waals surface area contributed by atoms with Gasteiger partial charge in [0, 0.05) is 25.0 Å². The SMILES string of the molecule is Nc1nc(Nc2ccc(N3CCOCC3)c(Cl)c2)nn1-c1ccccn1. The molecule has 0 unspecified atom stereocenters. The van der Waals surface area contributed by atoms with Gasteiger partial charge in [-0.25, -0.2) is 4.98 Å². The van der Waals surface area contributed by atoms with Crippen molar-refractivity contribution in [1.82, 2.24) is 19.7 Å². The van der Waals surface area contributed by atoms with Gasteiger partial charge in [0.05, 0.1) is 23.9 Å². The summed E-state index contributed by atoms with van der Waals surface area (Å²) in [5.74, 6) is 1.23. The van der Waals surface area contributed by atoms with Gasteiger partial charge in [0.1, 0.15) is 0 Å². The molecule has 1 fully saturated rings. The van der Waals surface area contributed by atoms with Crippen LogP contribution < -0.4 is 16.0 Å². The van der Waals surface area contributed by atoms with Crippen molar-refractivity contribution in [3.63, 3.8) is 0 Å². The summed E-state index contributed by atoms with van der Waals surface area (Å²) in [7, 11) is 0. The highest BCUT2D eigenvalue weighted by Crippen LogP contribution is 2.30. The highest BCUT2D eigenvalue weighted by molar-refractivity contribution is 6.33. The van der Waals surface area contributed by atoms with Crippen LogP contribution in [0.3, 0.4) is 0 Å². The number of benzene rings is 1. The zero-order chi connectivity index (χ0) is 17.9. The number of morpholine rings is 1. The number of pyridine rings is 1. The fourth-order valence-electron chi connectivity index (χ4n) is 2.80. The number of nitrogens with two attached hydrogens (primary N) is 1. The lowest BCUT2D eigenvalue weighted by molar-refractivity contribution is 0.122. The molecule has 0 saturated carbocycles. The Hall–Kier alpha value is -2.84. The fourth-order valence-corrected chi connectivity index (χ4v) is 3.10. The smallest absolute Gasteiger partial charge is 0.248 e. The average molecular weight is 372 g/mol. The average Bonchev–Trinajstić information content (AvgIpc) is 3.03. The van der Waals surface area contributed by atoms with Crippen LogP contribution in [0, 0.1) is 0 Å². The van der Waals surface area contributed by atoms with E-state index in [1.165, 1.54) is 4.68 Å². The van der Waals surface area contributed by atoms with Crippen molar-refractivity contribution in [2.75, 3.05) is 42.3 Å². The number of hydrogen-bond donors (Lipinski definition) is 2. The molecule has 0 aliphatic carbocycles. The van der Waals surface area contributed by atoms with Gasteiger partial charge in [0.25, 0.3) is 0 Å². The Morgan fingerprint density at radius 3 is 2.73 bits per heavy atom. The first-order chi connectivity index (χ1) is 12.7. The van der Waals surface area contributed by atoms with Gasteiger partial charge < -0.3 is 20.7 Å². The molecule has 1 aliphatic heterocycles. The third kappa shape index (κ3) is 3.42. The highest BCUT2D eigenvalue weighted by Gasteiger charge is 2.15. The van der Waals surface area contributed by atoms with Crippen molar-refractivity contribution in [1.29, 1.82) is 0 Å². The number of nitrogen functional groups attached to an aromatic ring is 1. The van der Waals surface area contributed by atoms with Crippen LogP contribution in [0.4, 0.5) is 23.3 Å². The lowest BCUT2D eigenvalue weighted by atomic mass is 10.2. The minimum Gasteiger partial charge on any atom is -0.378 e. The molecule has 3 heterocycles. The van der Waals surface area contributed by atoms with Gasteiger partial charge in [0.2, 0.25) is 11.9 Å². The van der Waals surface area contributed by atoms with E-state index >= 15 is 0 Å². The molecule has 3 N–H and O–H groups in total. The summed E-state index contributed by atoms with van der Waals surface area (Å²) in [5, 5.41) is 8.14. The van der Waals surface area contributed by atoms with Crippen molar-refractivity contribution in [2.24, 2.45) is 0 Å². The summed E-state index contributed by atoms with van der Waals surface area (Å²) < 4.78 is 6.86. The third-order valence-electron chi connectivity index (χ3n) is 4.05. The van der Waals surface area contributed by atoms with Gasteiger partial charge in [-0.1, -0.05) is 17.7 Å². The molecule has 1 saturated heterocycles. The molecular weight excluding hydrogens is 354 g/mol. The first-order valence-corrected chi connectivity index (χ1v) is 8.62. The van der Waals surface area contributed by atoms with Crippen LogP contribution in [0.2, 0.25) is 5.02 Å². The Morgan fingerprint density at radius 1 is 1.15 bits per heavy atom. The van der Waals surface area contributed by atoms with E-state index in [0.717, 1.165) is 24.5 Å². The normalized spacial score (nSPS) is 14.4. The molecule has 0 radical (unpaired) electrons. The molecule has 0 atom stereocenters. The van der Waals surface area contributed by atoms with Crippen molar-refractivity contribution in [3.8, 4) is 5.82 Å². The first-order valence-electron chi connectivity index (χ1n) is 8.24. The summed E-state index contributed by atoms with van der Waals surface area (Å²) >= 11 is 6.46. The van der Waals surface area contributed by atoms with E-state index in [4.69, 9.17) is 22.1 Å². The van der Waals surface area contributed by atoms with E-state index in [1.54, 1.807) is 6.20 Å².